The maximum absolute atomic E-state index is 5.94. The molecule has 7 aromatic rings. The first-order valence-corrected chi connectivity index (χ1v) is 11.2. The molecule has 0 unspecified atom stereocenters. The summed E-state index contributed by atoms with van der Waals surface area (Å²) in [4.78, 5) is 9.13. The van der Waals surface area contributed by atoms with Gasteiger partial charge in [-0.2, -0.15) is 0 Å². The van der Waals surface area contributed by atoms with Crippen molar-refractivity contribution in [2.45, 2.75) is 0 Å². The maximum Gasteiger partial charge on any atom is 0.227 e. The van der Waals surface area contributed by atoms with E-state index in [9.17, 15) is 0 Å². The van der Waals surface area contributed by atoms with Crippen LogP contribution in [-0.2, 0) is 0 Å². The van der Waals surface area contributed by atoms with Gasteiger partial charge in [-0.1, -0.05) is 54.6 Å². The summed E-state index contributed by atoms with van der Waals surface area (Å²) in [6.07, 6.45) is 1.51. The minimum Gasteiger partial charge on any atom is -0.443 e. The van der Waals surface area contributed by atoms with Gasteiger partial charge in [-0.25, -0.2) is 9.97 Å². The smallest absolute Gasteiger partial charge is 0.227 e. The number of hydrogen-bond donors (Lipinski definition) is 0. The second-order valence-corrected chi connectivity index (χ2v) is 8.31. The van der Waals surface area contributed by atoms with Gasteiger partial charge in [0, 0.05) is 10.9 Å². The van der Waals surface area contributed by atoms with E-state index in [1.165, 1.54) is 17.5 Å². The largest absolute Gasteiger partial charge is 0.443 e. The van der Waals surface area contributed by atoms with Gasteiger partial charge in [-0.3, -0.25) is 0 Å². The number of oxazole rings is 2. The lowest BCUT2D eigenvalue weighted by atomic mass is 9.92. The number of fused-ring (bicyclic) bond motifs is 4. The first-order chi connectivity index (χ1) is 16.8. The highest BCUT2D eigenvalue weighted by Crippen LogP contribution is 2.37. The average molecular weight is 438 g/mol. The fourth-order valence-corrected chi connectivity index (χ4v) is 4.59. The Morgan fingerprint density at radius 3 is 2.21 bits per heavy atom. The van der Waals surface area contributed by atoms with Crippen LogP contribution in [0.1, 0.15) is 0 Å². The number of para-hydroxylation sites is 2. The van der Waals surface area contributed by atoms with E-state index in [1.807, 2.05) is 36.4 Å². The fourth-order valence-electron chi connectivity index (χ4n) is 4.59. The third-order valence-corrected chi connectivity index (χ3v) is 6.28. The molecule has 0 aliphatic rings. The summed E-state index contributed by atoms with van der Waals surface area (Å²) in [6, 6.07) is 35.2. The standard InChI is InChI=1S/C30H18N2O2/c1-2-6-20(7-3-1)24-16-22(17-25-23(24)14-15-28-29(25)31-18-33-28)19-10-12-21(13-11-19)30-32-26-8-4-5-9-27(26)34-30/h1-18H. The zero-order chi connectivity index (χ0) is 22.5. The Hall–Kier alpha value is -4.70. The third-order valence-electron chi connectivity index (χ3n) is 6.28. The molecule has 0 saturated carbocycles. The van der Waals surface area contributed by atoms with Crippen molar-refractivity contribution in [3.63, 3.8) is 0 Å². The Bertz CT molecular complexity index is 1760. The van der Waals surface area contributed by atoms with Crippen molar-refractivity contribution in [1.29, 1.82) is 0 Å². The zero-order valence-electron chi connectivity index (χ0n) is 18.1. The number of nitrogens with zero attached hydrogens (tertiary/aromatic N) is 2. The summed E-state index contributed by atoms with van der Waals surface area (Å²) in [7, 11) is 0. The van der Waals surface area contributed by atoms with Gasteiger partial charge in [0.2, 0.25) is 5.89 Å². The molecule has 4 heteroatoms. The first kappa shape index (κ1) is 18.8. The quantitative estimate of drug-likeness (QED) is 0.279. The molecule has 0 aliphatic carbocycles. The molecule has 0 N–H and O–H groups in total. The van der Waals surface area contributed by atoms with Gasteiger partial charge in [0.15, 0.2) is 17.6 Å². The van der Waals surface area contributed by atoms with Crippen LogP contribution in [0.15, 0.2) is 118 Å². The van der Waals surface area contributed by atoms with Crippen LogP contribution in [0.3, 0.4) is 0 Å². The molecule has 2 aromatic heterocycles. The van der Waals surface area contributed by atoms with Crippen molar-refractivity contribution in [1.82, 2.24) is 9.97 Å². The Balaban J connectivity index is 1.39. The summed E-state index contributed by atoms with van der Waals surface area (Å²) in [5.74, 6) is 0.626. The SMILES string of the molecule is c1ccc(-c2cc(-c3ccc(-c4nc5ccccc5o4)cc3)cc3c2ccc2ocnc23)cc1. The Labute approximate surface area is 195 Å². The van der Waals surface area contributed by atoms with Gasteiger partial charge in [-0.15, -0.1) is 0 Å². The molecule has 0 saturated heterocycles. The molecule has 0 radical (unpaired) electrons. The molecule has 2 heterocycles. The molecule has 0 spiro atoms. The van der Waals surface area contributed by atoms with Crippen LogP contribution >= 0.6 is 0 Å². The lowest BCUT2D eigenvalue weighted by Gasteiger charge is -2.12. The molecule has 7 rings (SSSR count). The zero-order valence-corrected chi connectivity index (χ0v) is 18.1. The molecule has 0 aliphatic heterocycles. The Morgan fingerprint density at radius 1 is 0.559 bits per heavy atom. The summed E-state index contributed by atoms with van der Waals surface area (Å²) >= 11 is 0. The number of aromatic nitrogens is 2. The monoisotopic (exact) mass is 438 g/mol. The Morgan fingerprint density at radius 2 is 1.35 bits per heavy atom. The summed E-state index contributed by atoms with van der Waals surface area (Å²) < 4.78 is 11.5. The topological polar surface area (TPSA) is 52.1 Å². The van der Waals surface area contributed by atoms with Crippen molar-refractivity contribution in [2.24, 2.45) is 0 Å². The van der Waals surface area contributed by atoms with E-state index in [4.69, 9.17) is 8.83 Å². The van der Waals surface area contributed by atoms with E-state index in [2.05, 4.69) is 76.7 Å². The van der Waals surface area contributed by atoms with Gasteiger partial charge < -0.3 is 8.83 Å². The predicted octanol–water partition coefficient (Wildman–Crippen LogP) is 8.12. The molecule has 0 bridgehead atoms. The molecule has 34 heavy (non-hydrogen) atoms. The number of benzene rings is 5. The second kappa shape index (κ2) is 7.42. The fraction of sp³-hybridized carbons (Fsp3) is 0. The first-order valence-electron chi connectivity index (χ1n) is 11.2. The lowest BCUT2D eigenvalue weighted by Crippen LogP contribution is -1.87. The van der Waals surface area contributed by atoms with Crippen molar-refractivity contribution in [2.75, 3.05) is 0 Å². The van der Waals surface area contributed by atoms with E-state index in [-0.39, 0.29) is 0 Å². The minimum absolute atomic E-state index is 0.626. The van der Waals surface area contributed by atoms with Crippen molar-refractivity contribution in [3.05, 3.63) is 110 Å². The molecule has 5 aromatic carbocycles. The summed E-state index contributed by atoms with van der Waals surface area (Å²) in [5.41, 5.74) is 8.82. The number of hydrogen-bond acceptors (Lipinski definition) is 4. The Kier molecular flexibility index (Phi) is 4.11. The maximum atomic E-state index is 5.94. The second-order valence-electron chi connectivity index (χ2n) is 8.31. The van der Waals surface area contributed by atoms with Gasteiger partial charge in [0.1, 0.15) is 11.0 Å². The molecule has 0 fully saturated rings. The summed E-state index contributed by atoms with van der Waals surface area (Å²) in [5, 5.41) is 2.23. The highest BCUT2D eigenvalue weighted by molar-refractivity contribution is 6.11. The average Bonchev–Trinajstić information content (AvgIpc) is 3.56. The van der Waals surface area contributed by atoms with E-state index < -0.39 is 0 Å². The van der Waals surface area contributed by atoms with Crippen molar-refractivity contribution < 1.29 is 8.83 Å². The van der Waals surface area contributed by atoms with Crippen LogP contribution in [0.2, 0.25) is 0 Å². The molecular formula is C30H18N2O2. The van der Waals surface area contributed by atoms with E-state index in [1.54, 1.807) is 0 Å². The van der Waals surface area contributed by atoms with Gasteiger partial charge in [0.25, 0.3) is 0 Å². The van der Waals surface area contributed by atoms with Gasteiger partial charge in [0.05, 0.1) is 0 Å². The van der Waals surface area contributed by atoms with Gasteiger partial charge >= 0.3 is 0 Å². The molecule has 4 nitrogen and oxygen atoms in total. The molecule has 160 valence electrons. The van der Waals surface area contributed by atoms with Crippen LogP contribution in [0.5, 0.6) is 0 Å². The van der Waals surface area contributed by atoms with E-state index in [0.29, 0.717) is 5.89 Å². The molecule has 0 atom stereocenters. The van der Waals surface area contributed by atoms with E-state index in [0.717, 1.165) is 49.7 Å². The number of rotatable bonds is 3. The van der Waals surface area contributed by atoms with Crippen LogP contribution in [0.4, 0.5) is 0 Å². The minimum atomic E-state index is 0.626. The van der Waals surface area contributed by atoms with E-state index >= 15 is 0 Å². The molecular weight excluding hydrogens is 420 g/mol. The van der Waals surface area contributed by atoms with Gasteiger partial charge in [-0.05, 0) is 76.2 Å². The predicted molar refractivity (Wildman–Crippen MR) is 135 cm³/mol. The highest BCUT2D eigenvalue weighted by atomic mass is 16.3. The normalized spacial score (nSPS) is 11.5. The van der Waals surface area contributed by atoms with Crippen LogP contribution < -0.4 is 0 Å². The van der Waals surface area contributed by atoms with Crippen molar-refractivity contribution >= 4 is 33.0 Å². The van der Waals surface area contributed by atoms with Crippen LogP contribution in [-0.4, -0.2) is 9.97 Å². The molecule has 0 amide bonds. The summed E-state index contributed by atoms with van der Waals surface area (Å²) in [6.45, 7) is 0. The van der Waals surface area contributed by atoms with Crippen LogP contribution in [0, 0.1) is 0 Å². The van der Waals surface area contributed by atoms with Crippen LogP contribution in [0.25, 0.3) is 66.7 Å². The highest BCUT2D eigenvalue weighted by Gasteiger charge is 2.13. The third kappa shape index (κ3) is 3.00. The van der Waals surface area contributed by atoms with Crippen molar-refractivity contribution in [3.8, 4) is 33.7 Å². The lowest BCUT2D eigenvalue weighted by molar-refractivity contribution is 0.602.